The van der Waals surface area contributed by atoms with Gasteiger partial charge in [0.05, 0.1) is 6.04 Å². The van der Waals surface area contributed by atoms with Crippen molar-refractivity contribution in [2.24, 2.45) is 0 Å². The zero-order valence-electron chi connectivity index (χ0n) is 10.1. The lowest BCUT2D eigenvalue weighted by Crippen LogP contribution is -2.23. The lowest BCUT2D eigenvalue weighted by Gasteiger charge is -2.19. The van der Waals surface area contributed by atoms with Crippen LogP contribution in [0.25, 0.3) is 0 Å². The molecule has 0 aliphatic carbocycles. The van der Waals surface area contributed by atoms with E-state index in [9.17, 15) is 0 Å². The highest BCUT2D eigenvalue weighted by atomic mass is 14.9. The number of nitrogens with one attached hydrogen (secondary N) is 1. The third-order valence-electron chi connectivity index (χ3n) is 2.77. The molecule has 1 N–H and O–H groups in total. The zero-order valence-corrected chi connectivity index (χ0v) is 10.1. The topological polar surface area (TPSA) is 24.9 Å². The quantitative estimate of drug-likeness (QED) is 0.847. The van der Waals surface area contributed by atoms with E-state index in [0.717, 1.165) is 13.0 Å². The van der Waals surface area contributed by atoms with E-state index >= 15 is 0 Å². The van der Waals surface area contributed by atoms with Crippen molar-refractivity contribution in [1.29, 1.82) is 0 Å². The van der Waals surface area contributed by atoms with E-state index in [1.165, 1.54) is 11.1 Å². The van der Waals surface area contributed by atoms with Crippen molar-refractivity contribution >= 4 is 0 Å². The van der Waals surface area contributed by atoms with Crippen molar-refractivity contribution in [3.8, 4) is 0 Å². The summed E-state index contributed by atoms with van der Waals surface area (Å²) >= 11 is 0. The summed E-state index contributed by atoms with van der Waals surface area (Å²) in [7, 11) is 0. The third-order valence-corrected chi connectivity index (χ3v) is 2.77. The number of aromatic nitrogens is 1. The summed E-state index contributed by atoms with van der Waals surface area (Å²) in [4.78, 5) is 4.07. The molecular formula is C15H18N2. The number of nitrogens with zero attached hydrogens (tertiary/aromatic N) is 1. The van der Waals surface area contributed by atoms with Crippen molar-refractivity contribution in [3.63, 3.8) is 0 Å². The maximum absolute atomic E-state index is 4.07. The summed E-state index contributed by atoms with van der Waals surface area (Å²) in [6.07, 6.45) is 4.83. The highest BCUT2D eigenvalue weighted by Gasteiger charge is 2.11. The molecule has 0 bridgehead atoms. The average Bonchev–Trinajstić information content (AvgIpc) is 2.42. The van der Waals surface area contributed by atoms with Gasteiger partial charge in [-0.3, -0.25) is 4.98 Å². The van der Waals surface area contributed by atoms with Crippen LogP contribution in [0, 0.1) is 0 Å². The van der Waals surface area contributed by atoms with Gasteiger partial charge in [-0.2, -0.15) is 0 Å². The van der Waals surface area contributed by atoms with Crippen LogP contribution in [0.4, 0.5) is 0 Å². The van der Waals surface area contributed by atoms with Crippen LogP contribution in [-0.2, 0) is 0 Å². The first-order valence-electron chi connectivity index (χ1n) is 6.10. The van der Waals surface area contributed by atoms with Gasteiger partial charge in [0.1, 0.15) is 0 Å². The van der Waals surface area contributed by atoms with Crippen LogP contribution >= 0.6 is 0 Å². The maximum atomic E-state index is 4.07. The fourth-order valence-corrected chi connectivity index (χ4v) is 1.92. The lowest BCUT2D eigenvalue weighted by atomic mass is 10.00. The van der Waals surface area contributed by atoms with Gasteiger partial charge in [-0.05, 0) is 36.2 Å². The second-order valence-electron chi connectivity index (χ2n) is 4.08. The molecular weight excluding hydrogens is 208 g/mol. The Morgan fingerprint density at radius 3 is 2.29 bits per heavy atom. The molecule has 88 valence electrons. The smallest absolute Gasteiger partial charge is 0.0577 e. The summed E-state index contributed by atoms with van der Waals surface area (Å²) < 4.78 is 0. The molecule has 17 heavy (non-hydrogen) atoms. The number of hydrogen-bond acceptors (Lipinski definition) is 2. The molecule has 0 fully saturated rings. The zero-order chi connectivity index (χ0) is 11.9. The standard InChI is InChI=1S/C15H18N2/c1-2-10-17-15(13-6-4-3-5-7-13)14-8-11-16-12-9-14/h3-9,11-12,15,17H,2,10H2,1H3/t15-/m0/s1. The maximum Gasteiger partial charge on any atom is 0.0577 e. The Bertz CT molecular complexity index is 386. The van der Waals surface area contributed by atoms with Gasteiger partial charge in [-0.25, -0.2) is 0 Å². The van der Waals surface area contributed by atoms with Gasteiger partial charge in [0.15, 0.2) is 0 Å². The Hall–Kier alpha value is -1.67. The van der Waals surface area contributed by atoms with E-state index in [2.05, 4.69) is 53.6 Å². The molecule has 0 radical (unpaired) electrons. The van der Waals surface area contributed by atoms with E-state index in [1.807, 2.05) is 18.5 Å². The van der Waals surface area contributed by atoms with Gasteiger partial charge < -0.3 is 5.32 Å². The third kappa shape index (κ3) is 3.14. The van der Waals surface area contributed by atoms with Crippen LogP contribution in [0.3, 0.4) is 0 Å². The van der Waals surface area contributed by atoms with Gasteiger partial charge in [0.2, 0.25) is 0 Å². The minimum atomic E-state index is 0.263. The van der Waals surface area contributed by atoms with E-state index < -0.39 is 0 Å². The van der Waals surface area contributed by atoms with Crippen molar-refractivity contribution in [2.75, 3.05) is 6.54 Å². The minimum absolute atomic E-state index is 0.263. The summed E-state index contributed by atoms with van der Waals surface area (Å²) in [6.45, 7) is 3.20. The number of benzene rings is 1. The van der Waals surface area contributed by atoms with Gasteiger partial charge in [-0.15, -0.1) is 0 Å². The monoisotopic (exact) mass is 226 g/mol. The van der Waals surface area contributed by atoms with Crippen LogP contribution < -0.4 is 5.32 Å². The van der Waals surface area contributed by atoms with E-state index in [1.54, 1.807) is 0 Å². The Kier molecular flexibility index (Phi) is 4.28. The highest BCUT2D eigenvalue weighted by Crippen LogP contribution is 2.20. The summed E-state index contributed by atoms with van der Waals surface area (Å²) in [6, 6.07) is 14.9. The number of pyridine rings is 1. The molecule has 0 saturated carbocycles. The molecule has 0 spiro atoms. The normalized spacial score (nSPS) is 12.3. The largest absolute Gasteiger partial charge is 0.306 e. The fraction of sp³-hybridized carbons (Fsp3) is 0.267. The van der Waals surface area contributed by atoms with Crippen molar-refractivity contribution in [3.05, 3.63) is 66.0 Å². The summed E-state index contributed by atoms with van der Waals surface area (Å²) in [5.41, 5.74) is 2.56. The van der Waals surface area contributed by atoms with E-state index in [-0.39, 0.29) is 6.04 Å². The first-order chi connectivity index (χ1) is 8.42. The van der Waals surface area contributed by atoms with Crippen LogP contribution in [0.5, 0.6) is 0 Å². The van der Waals surface area contributed by atoms with E-state index in [4.69, 9.17) is 0 Å². The Morgan fingerprint density at radius 2 is 1.65 bits per heavy atom. The molecule has 2 rings (SSSR count). The lowest BCUT2D eigenvalue weighted by molar-refractivity contribution is 0.598. The molecule has 0 aliphatic heterocycles. The fourth-order valence-electron chi connectivity index (χ4n) is 1.92. The first-order valence-corrected chi connectivity index (χ1v) is 6.10. The molecule has 0 aliphatic rings. The van der Waals surface area contributed by atoms with Gasteiger partial charge >= 0.3 is 0 Å². The first kappa shape index (κ1) is 11.8. The van der Waals surface area contributed by atoms with Gasteiger partial charge in [0, 0.05) is 12.4 Å². The average molecular weight is 226 g/mol. The van der Waals surface area contributed by atoms with Crippen molar-refractivity contribution in [2.45, 2.75) is 19.4 Å². The highest BCUT2D eigenvalue weighted by molar-refractivity contribution is 5.30. The predicted octanol–water partition coefficient (Wildman–Crippen LogP) is 3.17. The van der Waals surface area contributed by atoms with Crippen LogP contribution in [0.1, 0.15) is 30.5 Å². The van der Waals surface area contributed by atoms with Crippen LogP contribution in [-0.4, -0.2) is 11.5 Å². The Morgan fingerprint density at radius 1 is 1.00 bits per heavy atom. The molecule has 1 heterocycles. The molecule has 0 saturated heterocycles. The summed E-state index contributed by atoms with van der Waals surface area (Å²) in [5, 5.41) is 3.57. The van der Waals surface area contributed by atoms with Gasteiger partial charge in [-0.1, -0.05) is 37.3 Å². The number of hydrogen-bond donors (Lipinski definition) is 1. The van der Waals surface area contributed by atoms with Crippen molar-refractivity contribution < 1.29 is 0 Å². The minimum Gasteiger partial charge on any atom is -0.306 e. The molecule has 0 unspecified atom stereocenters. The molecule has 1 aromatic heterocycles. The molecule has 0 amide bonds. The second kappa shape index (κ2) is 6.16. The van der Waals surface area contributed by atoms with Crippen LogP contribution in [0.2, 0.25) is 0 Å². The molecule has 2 aromatic rings. The molecule has 1 atom stereocenters. The Balaban J connectivity index is 2.26. The summed E-state index contributed by atoms with van der Waals surface area (Å²) in [5.74, 6) is 0. The number of rotatable bonds is 5. The van der Waals surface area contributed by atoms with Crippen LogP contribution in [0.15, 0.2) is 54.9 Å². The SMILES string of the molecule is CCCN[C@@H](c1ccccc1)c1ccncc1. The second-order valence-corrected chi connectivity index (χ2v) is 4.08. The van der Waals surface area contributed by atoms with Crippen molar-refractivity contribution in [1.82, 2.24) is 10.3 Å². The predicted molar refractivity (Wildman–Crippen MR) is 70.8 cm³/mol. The van der Waals surface area contributed by atoms with E-state index in [0.29, 0.717) is 0 Å². The van der Waals surface area contributed by atoms with Gasteiger partial charge in [0.25, 0.3) is 0 Å². The Labute approximate surface area is 103 Å². The molecule has 2 heteroatoms. The molecule has 2 nitrogen and oxygen atoms in total. The molecule has 1 aromatic carbocycles.